The highest BCUT2D eigenvalue weighted by Gasteiger charge is 2.22. The van der Waals surface area contributed by atoms with Crippen molar-refractivity contribution in [2.75, 3.05) is 0 Å². The van der Waals surface area contributed by atoms with Gasteiger partial charge in [0.05, 0.1) is 17.3 Å². The highest BCUT2D eigenvalue weighted by molar-refractivity contribution is 5.97. The van der Waals surface area contributed by atoms with Crippen molar-refractivity contribution in [3.63, 3.8) is 0 Å². The fraction of sp³-hybridized carbons (Fsp3) is 0.375. The second-order valence-corrected chi connectivity index (χ2v) is 8.71. The summed E-state index contributed by atoms with van der Waals surface area (Å²) in [5, 5.41) is 12.3. The Morgan fingerprint density at radius 1 is 1.21 bits per heavy atom. The Kier molecular flexibility index (Phi) is 5.53. The lowest BCUT2D eigenvalue weighted by atomic mass is 10.1. The number of pyridine rings is 2. The van der Waals surface area contributed by atoms with Crippen LogP contribution in [0.5, 0.6) is 0 Å². The predicted octanol–water partition coefficient (Wildman–Crippen LogP) is 2.40. The van der Waals surface area contributed by atoms with Gasteiger partial charge in [-0.3, -0.25) is 19.4 Å². The van der Waals surface area contributed by atoms with Crippen LogP contribution in [0.3, 0.4) is 0 Å². The molecule has 9 heteroatoms. The van der Waals surface area contributed by atoms with E-state index in [1.807, 2.05) is 29.8 Å². The minimum atomic E-state index is -0.300. The van der Waals surface area contributed by atoms with E-state index >= 15 is 0 Å². The molecule has 4 aromatic rings. The highest BCUT2D eigenvalue weighted by Crippen LogP contribution is 2.18. The number of nitrogens with one attached hydrogen (secondary N) is 2. The van der Waals surface area contributed by atoms with Crippen LogP contribution in [-0.2, 0) is 13.1 Å². The molecule has 0 saturated heterocycles. The molecule has 1 aliphatic carbocycles. The first-order valence-electron chi connectivity index (χ1n) is 11.4. The molecular weight excluding hydrogens is 418 g/mol. The number of carbonyl (C=O) groups excluding carboxylic acids is 1. The van der Waals surface area contributed by atoms with E-state index in [0.717, 1.165) is 31.2 Å². The van der Waals surface area contributed by atoms with E-state index in [0.29, 0.717) is 36.2 Å². The number of hydrogen-bond acceptors (Lipinski definition) is 5. The SMILES string of the molecule is Cc1cccn2c(=O)c3cc(C(=O)NC4CCCC4)c(=N)n(CCCn4ccnc4)c3nc12. The Hall–Kier alpha value is -3.75. The molecule has 1 saturated carbocycles. The molecule has 0 aliphatic heterocycles. The largest absolute Gasteiger partial charge is 0.349 e. The minimum Gasteiger partial charge on any atom is -0.349 e. The lowest BCUT2D eigenvalue weighted by molar-refractivity contribution is 0.0935. The average Bonchev–Trinajstić information content (AvgIpc) is 3.50. The summed E-state index contributed by atoms with van der Waals surface area (Å²) in [7, 11) is 0. The van der Waals surface area contributed by atoms with Crippen LogP contribution >= 0.6 is 0 Å². The second-order valence-electron chi connectivity index (χ2n) is 8.71. The Morgan fingerprint density at radius 2 is 2.03 bits per heavy atom. The van der Waals surface area contributed by atoms with E-state index < -0.39 is 0 Å². The second kappa shape index (κ2) is 8.65. The maximum atomic E-state index is 13.4. The summed E-state index contributed by atoms with van der Waals surface area (Å²) < 4.78 is 5.17. The summed E-state index contributed by atoms with van der Waals surface area (Å²) in [4.78, 5) is 35.3. The van der Waals surface area contributed by atoms with E-state index in [-0.39, 0.29) is 28.6 Å². The topological polar surface area (TPSA) is 110 Å². The Bertz CT molecular complexity index is 1440. The quantitative estimate of drug-likeness (QED) is 0.444. The average molecular weight is 446 g/mol. The van der Waals surface area contributed by atoms with E-state index in [9.17, 15) is 9.59 Å². The third-order valence-corrected chi connectivity index (χ3v) is 6.43. The van der Waals surface area contributed by atoms with Gasteiger partial charge in [-0.15, -0.1) is 0 Å². The first-order chi connectivity index (χ1) is 16.0. The minimum absolute atomic E-state index is 0.0773. The molecular formula is C24H27N7O2. The van der Waals surface area contributed by atoms with Gasteiger partial charge in [0.15, 0.2) is 0 Å². The molecule has 0 bridgehead atoms. The normalized spacial score (nSPS) is 14.3. The van der Waals surface area contributed by atoms with E-state index in [2.05, 4.69) is 10.3 Å². The summed E-state index contributed by atoms with van der Waals surface area (Å²) >= 11 is 0. The van der Waals surface area contributed by atoms with Gasteiger partial charge in [-0.1, -0.05) is 18.9 Å². The molecule has 1 amide bonds. The molecule has 0 unspecified atom stereocenters. The van der Waals surface area contributed by atoms with E-state index in [1.54, 1.807) is 29.4 Å². The first kappa shape index (κ1) is 21.1. The molecule has 2 N–H and O–H groups in total. The van der Waals surface area contributed by atoms with Gasteiger partial charge in [0.25, 0.3) is 11.5 Å². The number of aromatic nitrogens is 5. The molecule has 1 fully saturated rings. The summed E-state index contributed by atoms with van der Waals surface area (Å²) in [6, 6.07) is 5.38. The fourth-order valence-electron chi connectivity index (χ4n) is 4.65. The maximum Gasteiger partial charge on any atom is 0.267 e. The molecule has 170 valence electrons. The number of carbonyl (C=O) groups is 1. The molecule has 0 atom stereocenters. The van der Waals surface area contributed by atoms with Crippen LogP contribution in [0.4, 0.5) is 0 Å². The van der Waals surface area contributed by atoms with Gasteiger partial charge in [0, 0.05) is 37.7 Å². The van der Waals surface area contributed by atoms with Crippen LogP contribution in [0.2, 0.25) is 0 Å². The number of aryl methyl sites for hydroxylation is 3. The smallest absolute Gasteiger partial charge is 0.267 e. The van der Waals surface area contributed by atoms with Gasteiger partial charge in [-0.2, -0.15) is 0 Å². The van der Waals surface area contributed by atoms with Gasteiger partial charge >= 0.3 is 0 Å². The lowest BCUT2D eigenvalue weighted by Crippen LogP contribution is -2.38. The van der Waals surface area contributed by atoms with Crippen LogP contribution in [0.25, 0.3) is 16.7 Å². The van der Waals surface area contributed by atoms with Gasteiger partial charge < -0.3 is 14.5 Å². The van der Waals surface area contributed by atoms with Gasteiger partial charge in [0.2, 0.25) is 0 Å². The van der Waals surface area contributed by atoms with Crippen LogP contribution in [0.1, 0.15) is 48.0 Å². The van der Waals surface area contributed by atoms with Gasteiger partial charge in [-0.25, -0.2) is 9.97 Å². The number of amides is 1. The lowest BCUT2D eigenvalue weighted by Gasteiger charge is -2.17. The van der Waals surface area contributed by atoms with Crippen LogP contribution in [0.15, 0.2) is 47.9 Å². The van der Waals surface area contributed by atoms with Crippen LogP contribution in [0, 0.1) is 12.3 Å². The maximum absolute atomic E-state index is 13.4. The van der Waals surface area contributed by atoms with E-state index in [1.165, 1.54) is 4.40 Å². The molecule has 0 aromatic carbocycles. The summed E-state index contributed by atoms with van der Waals surface area (Å²) in [5.41, 5.74) is 1.91. The van der Waals surface area contributed by atoms with Crippen molar-refractivity contribution in [2.24, 2.45) is 0 Å². The molecule has 9 nitrogen and oxygen atoms in total. The van der Waals surface area contributed by atoms with Crippen molar-refractivity contribution in [3.05, 3.63) is 70.1 Å². The Labute approximate surface area is 190 Å². The van der Waals surface area contributed by atoms with Crippen molar-refractivity contribution in [1.82, 2.24) is 28.8 Å². The molecule has 4 heterocycles. The zero-order valence-corrected chi connectivity index (χ0v) is 18.6. The summed E-state index contributed by atoms with van der Waals surface area (Å²) in [5.74, 6) is -0.300. The van der Waals surface area contributed by atoms with Crippen molar-refractivity contribution in [2.45, 2.75) is 58.2 Å². The third kappa shape index (κ3) is 3.94. The first-order valence-corrected chi connectivity index (χ1v) is 11.4. The number of hydrogen-bond donors (Lipinski definition) is 2. The van der Waals surface area contributed by atoms with Gasteiger partial charge in [0.1, 0.15) is 16.8 Å². The zero-order valence-electron chi connectivity index (χ0n) is 18.6. The van der Waals surface area contributed by atoms with Crippen LogP contribution in [-0.4, -0.2) is 35.5 Å². The Balaban J connectivity index is 1.64. The molecule has 33 heavy (non-hydrogen) atoms. The van der Waals surface area contributed by atoms with E-state index in [4.69, 9.17) is 10.4 Å². The zero-order chi connectivity index (χ0) is 22.9. The van der Waals surface area contributed by atoms with Crippen LogP contribution < -0.4 is 16.4 Å². The number of fused-ring (bicyclic) bond motifs is 2. The monoisotopic (exact) mass is 445 g/mol. The van der Waals surface area contributed by atoms with Crippen molar-refractivity contribution in [3.8, 4) is 0 Å². The predicted molar refractivity (Wildman–Crippen MR) is 124 cm³/mol. The molecule has 0 radical (unpaired) electrons. The van der Waals surface area contributed by atoms with Crippen molar-refractivity contribution >= 4 is 22.6 Å². The highest BCUT2D eigenvalue weighted by atomic mass is 16.2. The molecule has 5 rings (SSSR count). The van der Waals surface area contributed by atoms with Crippen molar-refractivity contribution in [1.29, 1.82) is 5.41 Å². The third-order valence-electron chi connectivity index (χ3n) is 6.43. The number of rotatable bonds is 6. The number of imidazole rings is 1. The standard InChI is InChI=1S/C24H27N7O2/c1-16-6-4-11-31-21(16)28-22-19(24(31)33)14-18(23(32)27-17-7-2-3-8-17)20(25)30(22)12-5-10-29-13-9-26-15-29/h4,6,9,11,13-15,17,25H,2-3,5,7-8,10,12H2,1H3,(H,27,32). The number of nitrogens with zero attached hydrogens (tertiary/aromatic N) is 5. The molecule has 4 aromatic heterocycles. The summed E-state index contributed by atoms with van der Waals surface area (Å²) in [6.07, 6.45) is 11.8. The summed E-state index contributed by atoms with van der Waals surface area (Å²) in [6.45, 7) is 3.06. The van der Waals surface area contributed by atoms with Gasteiger partial charge in [-0.05, 0) is 43.9 Å². The molecule has 1 aliphatic rings. The Morgan fingerprint density at radius 3 is 2.79 bits per heavy atom. The fourth-order valence-corrected chi connectivity index (χ4v) is 4.65. The van der Waals surface area contributed by atoms with Crippen molar-refractivity contribution < 1.29 is 4.79 Å². The molecule has 0 spiro atoms.